The third-order valence-corrected chi connectivity index (χ3v) is 4.29. The second-order valence-corrected chi connectivity index (χ2v) is 6.06. The second-order valence-electron chi connectivity index (χ2n) is 4.84. The van der Waals surface area contributed by atoms with Crippen LogP contribution in [0.15, 0.2) is 36.5 Å². The van der Waals surface area contributed by atoms with Crippen molar-refractivity contribution in [2.24, 2.45) is 0 Å². The van der Waals surface area contributed by atoms with Crippen LogP contribution in [0.1, 0.15) is 10.5 Å². The Hall–Kier alpha value is -1.37. The second kappa shape index (κ2) is 9.05. The third-order valence-electron chi connectivity index (χ3n) is 3.34. The molecule has 1 amide bonds. The summed E-state index contributed by atoms with van der Waals surface area (Å²) in [6, 6.07) is 7.89. The number of rotatable bonds is 3. The van der Waals surface area contributed by atoms with Gasteiger partial charge >= 0.3 is 0 Å². The number of amides is 1. The van der Waals surface area contributed by atoms with Crippen molar-refractivity contribution in [3.63, 3.8) is 0 Å². The Morgan fingerprint density at radius 2 is 1.78 bits per heavy atom. The molecule has 1 aliphatic rings. The van der Waals surface area contributed by atoms with E-state index in [2.05, 4.69) is 10.3 Å². The fourth-order valence-corrected chi connectivity index (χ4v) is 3.13. The van der Waals surface area contributed by atoms with Crippen molar-refractivity contribution in [3.05, 3.63) is 48.0 Å². The molecule has 0 unspecified atom stereocenters. The summed E-state index contributed by atoms with van der Waals surface area (Å²) in [6.07, 6.45) is 1.75. The van der Waals surface area contributed by atoms with E-state index in [1.165, 1.54) is 12.1 Å². The van der Waals surface area contributed by atoms with E-state index in [-0.39, 0.29) is 36.5 Å². The summed E-state index contributed by atoms with van der Waals surface area (Å²) >= 11 is 1.87. The summed E-state index contributed by atoms with van der Waals surface area (Å²) in [5.74, 6) is 1.75. The highest BCUT2D eigenvalue weighted by Crippen LogP contribution is 2.19. The van der Waals surface area contributed by atoms with Gasteiger partial charge in [0.1, 0.15) is 11.5 Å². The molecule has 126 valence electrons. The zero-order valence-corrected chi connectivity index (χ0v) is 14.7. The number of thioether (sulfide) groups is 1. The number of nitrogens with zero attached hydrogens (tertiary/aromatic N) is 1. The molecular weight excluding hydrogens is 360 g/mol. The number of hydrogen-bond acceptors (Lipinski definition) is 3. The molecule has 0 radical (unpaired) electrons. The van der Waals surface area contributed by atoms with Crippen molar-refractivity contribution in [3.8, 4) is 0 Å². The van der Waals surface area contributed by atoms with Crippen LogP contribution in [0.3, 0.4) is 0 Å². The van der Waals surface area contributed by atoms with E-state index in [1.807, 2.05) is 16.7 Å². The molecule has 23 heavy (non-hydrogen) atoms. The van der Waals surface area contributed by atoms with Gasteiger partial charge in [-0.3, -0.25) is 4.79 Å². The zero-order valence-electron chi connectivity index (χ0n) is 12.3. The van der Waals surface area contributed by atoms with Gasteiger partial charge in [0.15, 0.2) is 0 Å². The van der Waals surface area contributed by atoms with Crippen molar-refractivity contribution in [1.29, 1.82) is 0 Å². The largest absolute Gasteiger partial charge is 0.355 e. The number of aromatic nitrogens is 1. The van der Waals surface area contributed by atoms with Crippen LogP contribution in [0.2, 0.25) is 0 Å². The smallest absolute Gasteiger partial charge is 0.270 e. The van der Waals surface area contributed by atoms with Crippen molar-refractivity contribution in [2.75, 3.05) is 29.9 Å². The molecule has 4 nitrogen and oxygen atoms in total. The first-order chi connectivity index (χ1) is 10.2. The van der Waals surface area contributed by atoms with E-state index < -0.39 is 0 Å². The topological polar surface area (TPSA) is 48.1 Å². The van der Waals surface area contributed by atoms with Crippen LogP contribution >= 0.6 is 36.6 Å². The minimum absolute atomic E-state index is 0. The van der Waals surface area contributed by atoms with E-state index in [4.69, 9.17) is 0 Å². The van der Waals surface area contributed by atoms with Gasteiger partial charge in [0.25, 0.3) is 5.91 Å². The van der Waals surface area contributed by atoms with Crippen molar-refractivity contribution >= 4 is 53.9 Å². The molecule has 0 atom stereocenters. The monoisotopic (exact) mass is 377 g/mol. The summed E-state index contributed by atoms with van der Waals surface area (Å²) < 4.78 is 12.9. The molecular formula is C15H18Cl2FN3OS. The normalized spacial score (nSPS) is 13.7. The van der Waals surface area contributed by atoms with Gasteiger partial charge in [-0.1, -0.05) is 0 Å². The highest BCUT2D eigenvalue weighted by molar-refractivity contribution is 7.99. The van der Waals surface area contributed by atoms with E-state index in [9.17, 15) is 9.18 Å². The Morgan fingerprint density at radius 3 is 2.43 bits per heavy atom. The number of aromatic amines is 1. The Bertz CT molecular complexity index is 630. The molecule has 1 saturated heterocycles. The number of H-pyrrole nitrogens is 1. The van der Waals surface area contributed by atoms with Crippen LogP contribution in [-0.2, 0) is 0 Å². The van der Waals surface area contributed by atoms with Crippen LogP contribution < -0.4 is 5.32 Å². The molecule has 0 spiro atoms. The summed E-state index contributed by atoms with van der Waals surface area (Å²) in [5.41, 5.74) is 2.15. The molecule has 1 aliphatic heterocycles. The lowest BCUT2D eigenvalue weighted by Crippen LogP contribution is -2.38. The molecule has 8 heteroatoms. The predicted molar refractivity (Wildman–Crippen MR) is 98.2 cm³/mol. The Morgan fingerprint density at radius 1 is 1.13 bits per heavy atom. The minimum atomic E-state index is -0.270. The van der Waals surface area contributed by atoms with Gasteiger partial charge in [-0.05, 0) is 30.3 Å². The van der Waals surface area contributed by atoms with E-state index in [0.717, 1.165) is 36.0 Å². The first-order valence-electron chi connectivity index (χ1n) is 6.80. The lowest BCUT2D eigenvalue weighted by Gasteiger charge is -2.25. The summed E-state index contributed by atoms with van der Waals surface area (Å²) in [5, 5.41) is 3.14. The third kappa shape index (κ3) is 5.06. The summed E-state index contributed by atoms with van der Waals surface area (Å²) in [4.78, 5) is 17.2. The highest BCUT2D eigenvalue weighted by atomic mass is 35.5. The number of benzene rings is 1. The maximum absolute atomic E-state index is 12.9. The Kier molecular flexibility index (Phi) is 7.75. The molecule has 0 bridgehead atoms. The van der Waals surface area contributed by atoms with Crippen LogP contribution in [-0.4, -0.2) is 40.4 Å². The molecule has 1 aromatic heterocycles. The van der Waals surface area contributed by atoms with E-state index in [0.29, 0.717) is 5.69 Å². The van der Waals surface area contributed by atoms with Gasteiger partial charge in [0.2, 0.25) is 0 Å². The van der Waals surface area contributed by atoms with Crippen LogP contribution in [0, 0.1) is 5.82 Å². The zero-order chi connectivity index (χ0) is 14.7. The van der Waals surface area contributed by atoms with Crippen LogP contribution in [0.25, 0.3) is 0 Å². The van der Waals surface area contributed by atoms with Gasteiger partial charge in [-0.15, -0.1) is 24.8 Å². The molecule has 0 saturated carbocycles. The molecule has 1 aromatic carbocycles. The lowest BCUT2D eigenvalue weighted by atomic mass is 10.3. The fourth-order valence-electron chi connectivity index (χ4n) is 2.23. The van der Waals surface area contributed by atoms with Gasteiger partial charge in [0, 0.05) is 36.5 Å². The standard InChI is InChI=1S/C15H16FN3OS.2ClH/c16-11-1-3-12(4-2-11)18-13-9-14(17-10-13)15(20)19-5-7-21-8-6-19;;/h1-4,9-10,17-18H,5-8H2;2*1H. The number of carbonyl (C=O) groups is 1. The van der Waals surface area contributed by atoms with Gasteiger partial charge < -0.3 is 15.2 Å². The molecule has 3 rings (SSSR count). The van der Waals surface area contributed by atoms with E-state index >= 15 is 0 Å². The molecule has 1 fully saturated rings. The SMILES string of the molecule is Cl.Cl.O=C(c1cc(Nc2ccc(F)cc2)c[nH]1)N1CCSCC1. The fraction of sp³-hybridized carbons (Fsp3) is 0.267. The van der Waals surface area contributed by atoms with Crippen molar-refractivity contribution < 1.29 is 9.18 Å². The van der Waals surface area contributed by atoms with Gasteiger partial charge in [0.05, 0.1) is 5.69 Å². The summed E-state index contributed by atoms with van der Waals surface area (Å²) in [7, 11) is 0. The van der Waals surface area contributed by atoms with Gasteiger partial charge in [-0.2, -0.15) is 11.8 Å². The van der Waals surface area contributed by atoms with Crippen molar-refractivity contribution in [2.45, 2.75) is 0 Å². The highest BCUT2D eigenvalue weighted by Gasteiger charge is 2.19. The Labute approximate surface area is 151 Å². The first kappa shape index (κ1) is 19.7. The quantitative estimate of drug-likeness (QED) is 0.851. The average Bonchev–Trinajstić information content (AvgIpc) is 2.98. The maximum atomic E-state index is 12.9. The average molecular weight is 378 g/mol. The van der Waals surface area contributed by atoms with Crippen LogP contribution in [0.4, 0.5) is 15.8 Å². The molecule has 2 N–H and O–H groups in total. The number of hydrogen-bond donors (Lipinski definition) is 2. The first-order valence-corrected chi connectivity index (χ1v) is 7.96. The number of anilines is 2. The minimum Gasteiger partial charge on any atom is -0.355 e. The maximum Gasteiger partial charge on any atom is 0.270 e. The van der Waals surface area contributed by atoms with Gasteiger partial charge in [-0.25, -0.2) is 4.39 Å². The lowest BCUT2D eigenvalue weighted by molar-refractivity contribution is 0.0767. The Balaban J connectivity index is 0.00000132. The number of halogens is 3. The molecule has 2 aromatic rings. The number of carbonyl (C=O) groups excluding carboxylic acids is 1. The number of nitrogens with one attached hydrogen (secondary N) is 2. The van der Waals surface area contributed by atoms with E-state index in [1.54, 1.807) is 24.4 Å². The van der Waals surface area contributed by atoms with Crippen molar-refractivity contribution in [1.82, 2.24) is 9.88 Å². The molecule has 2 heterocycles. The predicted octanol–water partition coefficient (Wildman–Crippen LogP) is 3.93. The summed E-state index contributed by atoms with van der Waals surface area (Å²) in [6.45, 7) is 1.59. The van der Waals surface area contributed by atoms with Crippen LogP contribution in [0.5, 0.6) is 0 Å². The molecule has 0 aliphatic carbocycles.